The second kappa shape index (κ2) is 18.3. The topological polar surface area (TPSA) is 3.24 Å². The van der Waals surface area contributed by atoms with E-state index in [-0.39, 0.29) is 23.1 Å². The van der Waals surface area contributed by atoms with Crippen LogP contribution >= 0.6 is 15.8 Å². The third-order valence-corrected chi connectivity index (χ3v) is 13.0. The van der Waals surface area contributed by atoms with E-state index in [0.29, 0.717) is 0 Å². The van der Waals surface area contributed by atoms with Crippen LogP contribution in [-0.4, -0.2) is 19.0 Å². The standard InChI is InChI=1S/C38H34NP2.C5H5.Fe/c1-39(2)38(35-27-17-29-37(35)41(32-22-11-5-12-23-32)33-24-13-6-14-25-33)34-26-15-16-28-36(34)40(30-18-7-3-8-19-30)31-20-9-4-10-21-31;1-2-4-5-3-1;/h3-29,38H,1-2H3;1-5H;/q;;+2/t38-;;/m0../s1. The third-order valence-electron chi connectivity index (χ3n) is 7.96. The molecule has 7 rings (SSSR count). The first-order chi connectivity index (χ1) is 22.7. The van der Waals surface area contributed by atoms with Gasteiger partial charge in [0.25, 0.3) is 0 Å². The van der Waals surface area contributed by atoms with Gasteiger partial charge in [-0.15, -0.1) is 0 Å². The van der Waals surface area contributed by atoms with Gasteiger partial charge in [0.05, 0.1) is 0 Å². The van der Waals surface area contributed by atoms with Gasteiger partial charge in [-0.25, -0.2) is 0 Å². The van der Waals surface area contributed by atoms with Gasteiger partial charge in [0, 0.05) is 17.6 Å². The Labute approximate surface area is 297 Å². The van der Waals surface area contributed by atoms with Crippen LogP contribution in [0.15, 0.2) is 146 Å². The summed E-state index contributed by atoms with van der Waals surface area (Å²) in [6, 6.07) is 53.4. The summed E-state index contributed by atoms with van der Waals surface area (Å²) < 4.78 is 0. The molecule has 2 aliphatic rings. The Kier molecular flexibility index (Phi) is 13.9. The summed E-state index contributed by atoms with van der Waals surface area (Å²) in [6.45, 7) is 0. The molecule has 5 aromatic carbocycles. The molecule has 0 aromatic heterocycles. The molecule has 1 nitrogen and oxygen atoms in total. The molecule has 1 atom stereocenters. The Morgan fingerprint density at radius 2 is 0.809 bits per heavy atom. The molecular weight excluding hydrogens is 648 g/mol. The zero-order valence-corrected chi connectivity index (χ0v) is 29.6. The van der Waals surface area contributed by atoms with E-state index in [2.05, 4.69) is 184 Å². The molecule has 0 heterocycles. The molecule has 2 aliphatic carbocycles. The number of benzene rings is 5. The second-order valence-corrected chi connectivity index (χ2v) is 15.6. The van der Waals surface area contributed by atoms with Gasteiger partial charge in [-0.05, 0) is 113 Å². The monoisotopic (exact) mass is 687 g/mol. The zero-order valence-electron chi connectivity index (χ0n) is 26.7. The van der Waals surface area contributed by atoms with Crippen molar-refractivity contribution in [3.63, 3.8) is 0 Å². The summed E-state index contributed by atoms with van der Waals surface area (Å²) in [5.74, 6) is 1.39. The van der Waals surface area contributed by atoms with Crippen molar-refractivity contribution in [3.8, 4) is 0 Å². The Balaban J connectivity index is 0.000000662. The van der Waals surface area contributed by atoms with Crippen molar-refractivity contribution in [2.45, 2.75) is 6.04 Å². The van der Waals surface area contributed by atoms with Crippen molar-refractivity contribution >= 4 is 42.4 Å². The maximum absolute atomic E-state index is 2.39. The molecule has 0 saturated heterocycles. The normalized spacial score (nSPS) is 15.8. The van der Waals surface area contributed by atoms with Crippen LogP contribution in [0, 0.1) is 62.9 Å². The van der Waals surface area contributed by atoms with Crippen LogP contribution in [0.5, 0.6) is 0 Å². The van der Waals surface area contributed by atoms with Crippen molar-refractivity contribution in [2.75, 3.05) is 14.1 Å². The van der Waals surface area contributed by atoms with E-state index in [4.69, 9.17) is 0 Å². The third kappa shape index (κ3) is 8.92. The van der Waals surface area contributed by atoms with Crippen LogP contribution in [-0.2, 0) is 17.1 Å². The minimum atomic E-state index is -0.734. The predicted molar refractivity (Wildman–Crippen MR) is 202 cm³/mol. The smallest absolute Gasteiger partial charge is 0.302 e. The molecule has 2 fully saturated rings. The molecule has 0 N–H and O–H groups in total. The van der Waals surface area contributed by atoms with Crippen LogP contribution in [0.4, 0.5) is 0 Å². The minimum absolute atomic E-state index is 0. The van der Waals surface area contributed by atoms with Gasteiger partial charge in [-0.1, -0.05) is 146 Å². The molecule has 0 amide bonds. The molecule has 0 bridgehead atoms. The maximum atomic E-state index is 2.39. The van der Waals surface area contributed by atoms with E-state index >= 15 is 0 Å². The van der Waals surface area contributed by atoms with Gasteiger partial charge < -0.3 is 4.90 Å². The van der Waals surface area contributed by atoms with E-state index in [1.807, 2.05) is 32.1 Å². The van der Waals surface area contributed by atoms with Gasteiger partial charge in [-0.2, -0.15) is 0 Å². The maximum Gasteiger partial charge on any atom is 2.00 e. The van der Waals surface area contributed by atoms with E-state index in [9.17, 15) is 0 Å². The molecule has 0 unspecified atom stereocenters. The van der Waals surface area contributed by atoms with E-state index < -0.39 is 15.8 Å². The van der Waals surface area contributed by atoms with Gasteiger partial charge in [-0.3, -0.25) is 0 Å². The Bertz CT molecular complexity index is 1510. The molecule has 4 heteroatoms. The van der Waals surface area contributed by atoms with Gasteiger partial charge in [0.1, 0.15) is 0 Å². The summed E-state index contributed by atoms with van der Waals surface area (Å²) in [4.78, 5) is 2.39. The first-order valence-corrected chi connectivity index (χ1v) is 18.4. The van der Waals surface area contributed by atoms with Crippen molar-refractivity contribution in [2.24, 2.45) is 0 Å². The summed E-state index contributed by atoms with van der Waals surface area (Å²) in [5, 5.41) is 6.91. The molecule has 2 saturated carbocycles. The van der Waals surface area contributed by atoms with Gasteiger partial charge in [0.2, 0.25) is 0 Å². The van der Waals surface area contributed by atoms with E-state index in [1.165, 1.54) is 43.7 Å². The van der Waals surface area contributed by atoms with Crippen LogP contribution in [0.1, 0.15) is 11.6 Å². The van der Waals surface area contributed by atoms with Crippen LogP contribution in [0.2, 0.25) is 0 Å². The first-order valence-electron chi connectivity index (χ1n) is 15.7. The van der Waals surface area contributed by atoms with E-state index in [1.54, 1.807) is 0 Å². The fraction of sp³-hybridized carbons (Fsp3) is 0.0698. The number of hydrogen-bond donors (Lipinski definition) is 0. The number of nitrogens with zero attached hydrogens (tertiary/aromatic N) is 1. The molecule has 0 spiro atoms. The summed E-state index contributed by atoms with van der Waals surface area (Å²) in [5.41, 5.74) is 2.80. The average molecular weight is 688 g/mol. The predicted octanol–water partition coefficient (Wildman–Crippen LogP) is 7.93. The first kappa shape index (κ1) is 35.7. The molecular formula is C43H39FeNP2+2. The average Bonchev–Trinajstić information content (AvgIpc) is 3.85. The Morgan fingerprint density at radius 1 is 0.426 bits per heavy atom. The van der Waals surface area contributed by atoms with Crippen molar-refractivity contribution in [1.82, 2.24) is 4.90 Å². The number of hydrogen-bond acceptors (Lipinski definition) is 1. The van der Waals surface area contributed by atoms with Crippen LogP contribution in [0.25, 0.3) is 0 Å². The van der Waals surface area contributed by atoms with Crippen LogP contribution < -0.4 is 26.5 Å². The minimum Gasteiger partial charge on any atom is -0.302 e. The number of rotatable bonds is 9. The fourth-order valence-corrected chi connectivity index (χ4v) is 11.0. The largest absolute Gasteiger partial charge is 2.00 e. The summed E-state index contributed by atoms with van der Waals surface area (Å²) >= 11 is 0. The van der Waals surface area contributed by atoms with Crippen molar-refractivity contribution < 1.29 is 17.1 Å². The van der Waals surface area contributed by atoms with Gasteiger partial charge in [0.15, 0.2) is 0 Å². The molecule has 0 aliphatic heterocycles. The Hall–Kier alpha value is -2.56. The van der Waals surface area contributed by atoms with Crippen LogP contribution in [0.3, 0.4) is 0 Å². The fourth-order valence-electron chi connectivity index (χ4n) is 5.99. The zero-order chi connectivity index (χ0) is 31.6. The second-order valence-electron chi connectivity index (χ2n) is 11.3. The molecule has 47 heavy (non-hydrogen) atoms. The van der Waals surface area contributed by atoms with Crippen molar-refractivity contribution in [1.29, 1.82) is 0 Å². The molecule has 232 valence electrons. The van der Waals surface area contributed by atoms with Crippen molar-refractivity contribution in [3.05, 3.63) is 214 Å². The van der Waals surface area contributed by atoms with E-state index in [0.717, 1.165) is 0 Å². The quantitative estimate of drug-likeness (QED) is 0.112. The molecule has 10 radical (unpaired) electrons. The Morgan fingerprint density at radius 3 is 1.23 bits per heavy atom. The van der Waals surface area contributed by atoms with Gasteiger partial charge >= 0.3 is 17.1 Å². The SMILES string of the molecule is CN(C)[C@H]([C]1[CH][CH][CH][C]1P(c1ccccc1)c1ccccc1)c1ccccc1P(c1ccccc1)c1ccccc1.[CH]1[CH][CH][CH][CH]1.[Fe+2]. The summed E-state index contributed by atoms with van der Waals surface area (Å²) in [6.07, 6.45) is 17.0. The summed E-state index contributed by atoms with van der Waals surface area (Å²) in [7, 11) is 3.00. The molecule has 5 aromatic rings.